The Bertz CT molecular complexity index is 726. The van der Waals surface area contributed by atoms with Crippen LogP contribution in [0.25, 0.3) is 0 Å². The monoisotopic (exact) mass is 364 g/mol. The molecule has 1 aliphatic heterocycles. The van der Waals surface area contributed by atoms with Crippen molar-refractivity contribution in [1.82, 2.24) is 10.2 Å². The molecule has 0 bridgehead atoms. The fraction of sp³-hybridized carbons (Fsp3) is 0.316. The number of piperazine rings is 1. The molecular weight excluding hydrogens is 343 g/mol. The smallest absolute Gasteiger partial charge is 0.254 e. The van der Waals surface area contributed by atoms with Gasteiger partial charge in [-0.1, -0.05) is 18.2 Å². The summed E-state index contributed by atoms with van der Waals surface area (Å²) in [6.07, 6.45) is 0. The molecule has 2 aromatic rings. The van der Waals surface area contributed by atoms with Crippen LogP contribution in [0.3, 0.4) is 0 Å². The van der Waals surface area contributed by atoms with Gasteiger partial charge in [0.15, 0.2) is 0 Å². The highest BCUT2D eigenvalue weighted by Gasteiger charge is 2.24. The van der Waals surface area contributed by atoms with Crippen LogP contribution >= 0.6 is 12.4 Å². The minimum atomic E-state index is -0.330. The van der Waals surface area contributed by atoms with Crippen molar-refractivity contribution in [3.05, 3.63) is 65.5 Å². The molecule has 3 rings (SSSR count). The van der Waals surface area contributed by atoms with Crippen LogP contribution in [0.15, 0.2) is 48.5 Å². The maximum Gasteiger partial charge on any atom is 0.254 e. The molecule has 134 valence electrons. The quantitative estimate of drug-likeness (QED) is 0.905. The maximum absolute atomic E-state index is 13.2. The minimum absolute atomic E-state index is 0. The third kappa shape index (κ3) is 4.94. The molecule has 0 aromatic heterocycles. The van der Waals surface area contributed by atoms with E-state index in [1.165, 1.54) is 12.1 Å². The molecule has 1 fully saturated rings. The van der Waals surface area contributed by atoms with Gasteiger partial charge in [-0.05, 0) is 36.8 Å². The Morgan fingerprint density at radius 3 is 2.84 bits per heavy atom. The molecule has 1 atom stereocenters. The molecule has 4 nitrogen and oxygen atoms in total. The predicted octanol–water partition coefficient (Wildman–Crippen LogP) is 3.26. The van der Waals surface area contributed by atoms with Gasteiger partial charge in [0.1, 0.15) is 18.2 Å². The van der Waals surface area contributed by atoms with E-state index >= 15 is 0 Å². The van der Waals surface area contributed by atoms with Crippen molar-refractivity contribution >= 4 is 18.3 Å². The van der Waals surface area contributed by atoms with E-state index in [2.05, 4.69) is 5.32 Å². The Morgan fingerprint density at radius 2 is 2.08 bits per heavy atom. The topological polar surface area (TPSA) is 41.6 Å². The zero-order valence-corrected chi connectivity index (χ0v) is 14.9. The average molecular weight is 365 g/mol. The van der Waals surface area contributed by atoms with E-state index in [9.17, 15) is 9.18 Å². The third-order valence-electron chi connectivity index (χ3n) is 4.14. The van der Waals surface area contributed by atoms with E-state index in [-0.39, 0.29) is 30.2 Å². The van der Waals surface area contributed by atoms with Crippen LogP contribution in [0, 0.1) is 5.82 Å². The van der Waals surface area contributed by atoms with Gasteiger partial charge in [-0.3, -0.25) is 4.79 Å². The van der Waals surface area contributed by atoms with Crippen LogP contribution in [0.4, 0.5) is 4.39 Å². The molecule has 25 heavy (non-hydrogen) atoms. The van der Waals surface area contributed by atoms with Crippen LogP contribution < -0.4 is 10.1 Å². The van der Waals surface area contributed by atoms with E-state index in [0.29, 0.717) is 24.5 Å². The molecule has 6 heteroatoms. The van der Waals surface area contributed by atoms with Crippen molar-refractivity contribution in [3.8, 4) is 5.75 Å². The molecule has 1 aliphatic rings. The van der Waals surface area contributed by atoms with Crippen molar-refractivity contribution < 1.29 is 13.9 Å². The van der Waals surface area contributed by atoms with Gasteiger partial charge >= 0.3 is 0 Å². The third-order valence-corrected chi connectivity index (χ3v) is 4.14. The molecule has 1 saturated heterocycles. The number of rotatable bonds is 4. The van der Waals surface area contributed by atoms with Gasteiger partial charge in [0, 0.05) is 37.3 Å². The zero-order valence-electron chi connectivity index (χ0n) is 14.1. The Balaban J connectivity index is 0.00000225. The predicted molar refractivity (Wildman–Crippen MR) is 97.8 cm³/mol. The lowest BCUT2D eigenvalue weighted by Gasteiger charge is -2.34. The fourth-order valence-corrected chi connectivity index (χ4v) is 2.83. The minimum Gasteiger partial charge on any atom is -0.489 e. The SMILES string of the molecule is CC1CNCCN1C(=O)c1cccc(COc2cccc(F)c2)c1.Cl. The summed E-state index contributed by atoms with van der Waals surface area (Å²) in [6.45, 7) is 4.68. The van der Waals surface area contributed by atoms with Gasteiger partial charge in [0.2, 0.25) is 0 Å². The zero-order chi connectivity index (χ0) is 16.9. The van der Waals surface area contributed by atoms with Crippen molar-refractivity contribution in [2.75, 3.05) is 19.6 Å². The lowest BCUT2D eigenvalue weighted by Crippen LogP contribution is -2.52. The van der Waals surface area contributed by atoms with E-state index in [4.69, 9.17) is 4.74 Å². The van der Waals surface area contributed by atoms with Gasteiger partial charge < -0.3 is 15.0 Å². The summed E-state index contributed by atoms with van der Waals surface area (Å²) in [4.78, 5) is 14.6. The number of nitrogens with zero attached hydrogens (tertiary/aromatic N) is 1. The van der Waals surface area contributed by atoms with Crippen LogP contribution in [0.5, 0.6) is 5.75 Å². The van der Waals surface area contributed by atoms with Crippen LogP contribution in [0.1, 0.15) is 22.8 Å². The second-order valence-corrected chi connectivity index (χ2v) is 6.00. The number of benzene rings is 2. The molecule has 0 aliphatic carbocycles. The van der Waals surface area contributed by atoms with Crippen molar-refractivity contribution in [1.29, 1.82) is 0 Å². The number of carbonyl (C=O) groups is 1. The summed E-state index contributed by atoms with van der Waals surface area (Å²) >= 11 is 0. The number of halogens is 2. The number of nitrogens with one attached hydrogen (secondary N) is 1. The van der Waals surface area contributed by atoms with Crippen LogP contribution in [0.2, 0.25) is 0 Å². The molecular formula is C19H22ClFN2O2. The summed E-state index contributed by atoms with van der Waals surface area (Å²) in [6, 6.07) is 13.6. The number of amides is 1. The summed E-state index contributed by atoms with van der Waals surface area (Å²) in [7, 11) is 0. The molecule has 1 unspecified atom stereocenters. The average Bonchev–Trinajstić information content (AvgIpc) is 2.60. The van der Waals surface area contributed by atoms with Crippen molar-refractivity contribution in [2.24, 2.45) is 0 Å². The first-order valence-corrected chi connectivity index (χ1v) is 8.12. The van der Waals surface area contributed by atoms with Gasteiger partial charge in [-0.15, -0.1) is 12.4 Å². The largest absolute Gasteiger partial charge is 0.489 e. The van der Waals surface area contributed by atoms with Gasteiger partial charge in [0.05, 0.1) is 0 Å². The molecule has 0 saturated carbocycles. The first kappa shape index (κ1) is 19.2. The van der Waals surface area contributed by atoms with E-state index in [1.807, 2.05) is 36.1 Å². The fourth-order valence-electron chi connectivity index (χ4n) is 2.83. The molecule has 1 heterocycles. The van der Waals surface area contributed by atoms with Crippen LogP contribution in [-0.4, -0.2) is 36.5 Å². The Hall–Kier alpha value is -2.11. The van der Waals surface area contributed by atoms with E-state index in [0.717, 1.165) is 18.7 Å². The molecule has 2 aromatic carbocycles. The Morgan fingerprint density at radius 1 is 1.28 bits per heavy atom. The van der Waals surface area contributed by atoms with Crippen molar-refractivity contribution in [3.63, 3.8) is 0 Å². The highest BCUT2D eigenvalue weighted by Crippen LogP contribution is 2.16. The summed E-state index contributed by atoms with van der Waals surface area (Å²) in [5.41, 5.74) is 1.54. The summed E-state index contributed by atoms with van der Waals surface area (Å²) in [5.74, 6) is 0.184. The highest BCUT2D eigenvalue weighted by molar-refractivity contribution is 5.94. The molecule has 1 N–H and O–H groups in total. The normalized spacial score (nSPS) is 16.9. The highest BCUT2D eigenvalue weighted by atomic mass is 35.5. The van der Waals surface area contributed by atoms with Gasteiger partial charge in [-0.25, -0.2) is 4.39 Å². The molecule has 1 amide bonds. The standard InChI is InChI=1S/C19H21FN2O2.ClH/c1-14-12-21-8-9-22(14)19(23)16-5-2-4-15(10-16)13-24-18-7-3-6-17(20)11-18;/h2-7,10-11,14,21H,8-9,12-13H2,1H3;1H. The lowest BCUT2D eigenvalue weighted by atomic mass is 10.1. The number of hydrogen-bond donors (Lipinski definition) is 1. The van der Waals surface area contributed by atoms with Gasteiger partial charge in [0.25, 0.3) is 5.91 Å². The van der Waals surface area contributed by atoms with E-state index in [1.54, 1.807) is 12.1 Å². The molecule has 0 spiro atoms. The first-order chi connectivity index (χ1) is 11.6. The Labute approximate surface area is 153 Å². The Kier molecular flexibility index (Phi) is 6.79. The summed E-state index contributed by atoms with van der Waals surface area (Å²) in [5, 5.41) is 3.28. The second-order valence-electron chi connectivity index (χ2n) is 6.00. The molecule has 0 radical (unpaired) electrons. The lowest BCUT2D eigenvalue weighted by molar-refractivity contribution is 0.0655. The second kappa shape index (κ2) is 8.83. The number of ether oxygens (including phenoxy) is 1. The number of hydrogen-bond acceptors (Lipinski definition) is 3. The summed E-state index contributed by atoms with van der Waals surface area (Å²) < 4.78 is 18.8. The van der Waals surface area contributed by atoms with Crippen LogP contribution in [-0.2, 0) is 6.61 Å². The first-order valence-electron chi connectivity index (χ1n) is 8.12. The van der Waals surface area contributed by atoms with Gasteiger partial charge in [-0.2, -0.15) is 0 Å². The number of carbonyl (C=O) groups excluding carboxylic acids is 1. The van der Waals surface area contributed by atoms with E-state index < -0.39 is 0 Å². The maximum atomic E-state index is 13.2. The van der Waals surface area contributed by atoms with Crippen molar-refractivity contribution in [2.45, 2.75) is 19.6 Å².